The van der Waals surface area contributed by atoms with E-state index in [-0.39, 0.29) is 35.5 Å². The highest BCUT2D eigenvalue weighted by Gasteiger charge is 2.52. The Bertz CT molecular complexity index is 507. The van der Waals surface area contributed by atoms with Crippen LogP contribution in [0, 0.1) is 29.6 Å². The van der Waals surface area contributed by atoms with Gasteiger partial charge in [-0.15, -0.1) is 0 Å². The van der Waals surface area contributed by atoms with Gasteiger partial charge < -0.3 is 15.0 Å². The fourth-order valence-electron chi connectivity index (χ4n) is 4.71. The van der Waals surface area contributed by atoms with Crippen molar-refractivity contribution in [2.24, 2.45) is 29.6 Å². The van der Waals surface area contributed by atoms with Crippen LogP contribution in [0.4, 0.5) is 0 Å². The molecule has 5 nitrogen and oxygen atoms in total. The van der Waals surface area contributed by atoms with E-state index < -0.39 is 0 Å². The maximum atomic E-state index is 13.2. The van der Waals surface area contributed by atoms with E-state index in [1.54, 1.807) is 0 Å². The van der Waals surface area contributed by atoms with Crippen LogP contribution in [0.1, 0.15) is 39.5 Å². The second-order valence-electron chi connectivity index (χ2n) is 7.80. The van der Waals surface area contributed by atoms with Crippen molar-refractivity contribution in [3.63, 3.8) is 0 Å². The number of hydrogen-bond acceptors (Lipinski definition) is 3. The van der Waals surface area contributed by atoms with E-state index in [9.17, 15) is 9.59 Å². The average Bonchev–Trinajstić information content (AvgIpc) is 3.35. The van der Waals surface area contributed by atoms with E-state index in [2.05, 4.69) is 31.3 Å². The first-order valence-corrected chi connectivity index (χ1v) is 9.98. The summed E-state index contributed by atoms with van der Waals surface area (Å²) in [5, 5.41) is 3.12. The molecule has 2 amide bonds. The van der Waals surface area contributed by atoms with Crippen molar-refractivity contribution in [3.8, 4) is 0 Å². The number of ether oxygens (including phenoxy) is 1. The highest BCUT2D eigenvalue weighted by atomic mass is 16.5. The Labute approximate surface area is 151 Å². The molecule has 3 aliphatic rings. The summed E-state index contributed by atoms with van der Waals surface area (Å²) in [6.45, 7) is 7.98. The maximum absolute atomic E-state index is 13.2. The molecule has 2 aliphatic carbocycles. The summed E-state index contributed by atoms with van der Waals surface area (Å²) in [5.74, 6) is 0.765. The van der Waals surface area contributed by atoms with Gasteiger partial charge in [0, 0.05) is 32.2 Å². The number of fused-ring (bicyclic) bond motifs is 2. The number of amides is 2. The summed E-state index contributed by atoms with van der Waals surface area (Å²) >= 11 is 0. The van der Waals surface area contributed by atoms with Crippen LogP contribution in [0.25, 0.3) is 0 Å². The van der Waals surface area contributed by atoms with Gasteiger partial charge >= 0.3 is 0 Å². The van der Waals surface area contributed by atoms with Crippen molar-refractivity contribution in [1.82, 2.24) is 10.2 Å². The Hall–Kier alpha value is -1.36. The van der Waals surface area contributed by atoms with Crippen LogP contribution >= 0.6 is 0 Å². The first-order valence-electron chi connectivity index (χ1n) is 9.98. The minimum Gasteiger partial charge on any atom is -0.381 e. The van der Waals surface area contributed by atoms with Gasteiger partial charge in [-0.1, -0.05) is 26.0 Å². The Balaban J connectivity index is 1.67. The zero-order chi connectivity index (χ0) is 17.8. The van der Waals surface area contributed by atoms with Crippen LogP contribution in [0.15, 0.2) is 12.2 Å². The number of nitrogens with zero attached hydrogens (tertiary/aromatic N) is 1. The number of carbonyl (C=O) groups excluding carboxylic acids is 2. The molecule has 25 heavy (non-hydrogen) atoms. The molecule has 5 heteroatoms. The second-order valence-corrected chi connectivity index (χ2v) is 7.80. The average molecular weight is 348 g/mol. The lowest BCUT2D eigenvalue weighted by molar-refractivity contribution is -0.142. The first-order chi connectivity index (χ1) is 12.2. The van der Waals surface area contributed by atoms with Gasteiger partial charge in [-0.25, -0.2) is 0 Å². The number of carbonyl (C=O) groups is 2. The molecule has 3 rings (SSSR count). The third-order valence-electron chi connectivity index (χ3n) is 5.93. The molecule has 2 bridgehead atoms. The Morgan fingerprint density at radius 2 is 1.80 bits per heavy atom. The predicted octanol–water partition coefficient (Wildman–Crippen LogP) is 2.23. The normalized spacial score (nSPS) is 33.0. The number of rotatable bonds is 8. The van der Waals surface area contributed by atoms with E-state index in [0.29, 0.717) is 12.5 Å². The first kappa shape index (κ1) is 18.4. The molecule has 0 aromatic heterocycles. The van der Waals surface area contributed by atoms with E-state index in [1.807, 2.05) is 4.90 Å². The van der Waals surface area contributed by atoms with Crippen molar-refractivity contribution in [1.29, 1.82) is 0 Å². The monoisotopic (exact) mass is 348 g/mol. The van der Waals surface area contributed by atoms with E-state index in [1.165, 1.54) is 0 Å². The molecular formula is C20H32N2O3. The molecule has 0 spiro atoms. The molecule has 0 aromatic rings. The molecule has 1 saturated carbocycles. The highest BCUT2D eigenvalue weighted by Crippen LogP contribution is 2.48. The van der Waals surface area contributed by atoms with E-state index in [4.69, 9.17) is 4.74 Å². The topological polar surface area (TPSA) is 58.6 Å². The summed E-state index contributed by atoms with van der Waals surface area (Å²) < 4.78 is 5.39. The summed E-state index contributed by atoms with van der Waals surface area (Å²) in [4.78, 5) is 28.0. The fourth-order valence-corrected chi connectivity index (χ4v) is 4.71. The van der Waals surface area contributed by atoms with Crippen LogP contribution in [-0.4, -0.2) is 49.6 Å². The van der Waals surface area contributed by atoms with E-state index >= 15 is 0 Å². The van der Waals surface area contributed by atoms with Gasteiger partial charge in [-0.3, -0.25) is 9.59 Å². The Kier molecular flexibility index (Phi) is 6.15. The summed E-state index contributed by atoms with van der Waals surface area (Å²) in [6.07, 6.45) is 8.20. The van der Waals surface area contributed by atoms with Crippen molar-refractivity contribution >= 4 is 11.8 Å². The van der Waals surface area contributed by atoms with Crippen LogP contribution < -0.4 is 5.32 Å². The lowest BCUT2D eigenvalue weighted by Crippen LogP contribution is -2.46. The van der Waals surface area contributed by atoms with Crippen molar-refractivity contribution in [2.75, 3.05) is 32.8 Å². The molecule has 1 aliphatic heterocycles. The predicted molar refractivity (Wildman–Crippen MR) is 96.8 cm³/mol. The molecule has 5 atom stereocenters. The fraction of sp³-hybridized carbons (Fsp3) is 0.800. The van der Waals surface area contributed by atoms with E-state index in [0.717, 1.165) is 52.0 Å². The van der Waals surface area contributed by atoms with Gasteiger partial charge in [0.05, 0.1) is 18.4 Å². The molecule has 140 valence electrons. The van der Waals surface area contributed by atoms with Gasteiger partial charge in [-0.05, 0) is 37.5 Å². The second kappa shape index (κ2) is 8.35. The highest BCUT2D eigenvalue weighted by molar-refractivity contribution is 5.89. The SMILES string of the molecule is CCCN(CCC)C(=O)[C@H]1[C@@H](C(=O)NC[C@@H]2CCOC2)[C@H]2C=C[C@H]1C2. The molecule has 0 aromatic carbocycles. The quantitative estimate of drug-likeness (QED) is 0.684. The molecular weight excluding hydrogens is 316 g/mol. The Morgan fingerprint density at radius 1 is 1.12 bits per heavy atom. The van der Waals surface area contributed by atoms with Crippen molar-refractivity contribution in [2.45, 2.75) is 39.5 Å². The van der Waals surface area contributed by atoms with Gasteiger partial charge in [-0.2, -0.15) is 0 Å². The third kappa shape index (κ3) is 3.91. The summed E-state index contributed by atoms with van der Waals surface area (Å²) in [7, 11) is 0. The standard InChI is InChI=1S/C20H32N2O3/c1-3-8-22(9-4-2)20(24)18-16-6-5-15(11-16)17(18)19(23)21-12-14-7-10-25-13-14/h5-6,14-18H,3-4,7-13H2,1-2H3,(H,21,23)/t14-,15-,16-,17-,18+/m0/s1. The van der Waals surface area contributed by atoms with Gasteiger partial charge in [0.1, 0.15) is 0 Å². The van der Waals surface area contributed by atoms with Crippen LogP contribution in [0.5, 0.6) is 0 Å². The lowest BCUT2D eigenvalue weighted by atomic mass is 9.81. The number of nitrogens with one attached hydrogen (secondary N) is 1. The molecule has 1 N–H and O–H groups in total. The smallest absolute Gasteiger partial charge is 0.227 e. The molecule has 1 heterocycles. The van der Waals surface area contributed by atoms with Crippen molar-refractivity contribution < 1.29 is 14.3 Å². The van der Waals surface area contributed by atoms with Crippen molar-refractivity contribution in [3.05, 3.63) is 12.2 Å². The molecule has 1 saturated heterocycles. The number of allylic oxidation sites excluding steroid dienone is 2. The largest absolute Gasteiger partial charge is 0.381 e. The minimum absolute atomic E-state index is 0.0649. The summed E-state index contributed by atoms with van der Waals surface area (Å²) in [5.41, 5.74) is 0. The van der Waals surface area contributed by atoms with Crippen LogP contribution in [0.2, 0.25) is 0 Å². The minimum atomic E-state index is -0.193. The van der Waals surface area contributed by atoms with Gasteiger partial charge in [0.15, 0.2) is 0 Å². The van der Waals surface area contributed by atoms with Gasteiger partial charge in [0.25, 0.3) is 0 Å². The lowest BCUT2D eigenvalue weighted by Gasteiger charge is -2.32. The van der Waals surface area contributed by atoms with Crippen LogP contribution in [0.3, 0.4) is 0 Å². The Morgan fingerprint density at radius 3 is 2.40 bits per heavy atom. The molecule has 2 fully saturated rings. The summed E-state index contributed by atoms with van der Waals surface area (Å²) in [6, 6.07) is 0. The zero-order valence-corrected chi connectivity index (χ0v) is 15.6. The van der Waals surface area contributed by atoms with Crippen LogP contribution in [-0.2, 0) is 14.3 Å². The number of hydrogen-bond donors (Lipinski definition) is 1. The molecule has 0 radical (unpaired) electrons. The molecule has 0 unspecified atom stereocenters. The zero-order valence-electron chi connectivity index (χ0n) is 15.6. The third-order valence-corrected chi connectivity index (χ3v) is 5.93. The maximum Gasteiger partial charge on any atom is 0.227 e. The van der Waals surface area contributed by atoms with Gasteiger partial charge in [0.2, 0.25) is 11.8 Å².